The van der Waals surface area contributed by atoms with Crippen LogP contribution in [0.25, 0.3) is 0 Å². The number of benzene rings is 2. The normalized spacial score (nSPS) is 14.1. The summed E-state index contributed by atoms with van der Waals surface area (Å²) in [5, 5.41) is 11.5. The molecule has 9 heteroatoms. The van der Waals surface area contributed by atoms with Gasteiger partial charge in [0.15, 0.2) is 5.82 Å². The van der Waals surface area contributed by atoms with Crippen LogP contribution in [0.15, 0.2) is 48.5 Å². The van der Waals surface area contributed by atoms with Gasteiger partial charge in [-0.2, -0.15) is 0 Å². The summed E-state index contributed by atoms with van der Waals surface area (Å²) < 4.78 is 21.4. The number of halogens is 1. The van der Waals surface area contributed by atoms with E-state index in [2.05, 4.69) is 15.5 Å². The number of ether oxygens (including phenoxy) is 1. The fourth-order valence-electron chi connectivity index (χ4n) is 3.48. The van der Waals surface area contributed by atoms with Crippen molar-refractivity contribution in [2.24, 2.45) is 0 Å². The summed E-state index contributed by atoms with van der Waals surface area (Å²) in [6, 6.07) is 13.8. The maximum Gasteiger partial charge on any atom is 0.254 e. The van der Waals surface area contributed by atoms with Gasteiger partial charge in [-0.1, -0.05) is 18.2 Å². The van der Waals surface area contributed by atoms with E-state index in [9.17, 15) is 9.18 Å². The van der Waals surface area contributed by atoms with Crippen LogP contribution in [0, 0.1) is 5.82 Å². The first-order chi connectivity index (χ1) is 14.7. The number of rotatable bonds is 6. The van der Waals surface area contributed by atoms with Crippen molar-refractivity contribution < 1.29 is 13.9 Å². The van der Waals surface area contributed by atoms with Crippen molar-refractivity contribution in [3.05, 3.63) is 65.7 Å². The molecule has 1 amide bonds. The number of hydrogen-bond acceptors (Lipinski definition) is 6. The van der Waals surface area contributed by atoms with Crippen molar-refractivity contribution in [1.82, 2.24) is 25.1 Å². The van der Waals surface area contributed by atoms with E-state index in [1.165, 1.54) is 6.07 Å². The highest BCUT2D eigenvalue weighted by Gasteiger charge is 2.23. The Labute approximate surface area is 173 Å². The van der Waals surface area contributed by atoms with E-state index in [0.717, 1.165) is 0 Å². The second-order valence-corrected chi connectivity index (χ2v) is 6.96. The molecule has 0 spiro atoms. The smallest absolute Gasteiger partial charge is 0.254 e. The van der Waals surface area contributed by atoms with Gasteiger partial charge in [0.1, 0.15) is 18.2 Å². The zero-order chi connectivity index (χ0) is 20.9. The zero-order valence-electron chi connectivity index (χ0n) is 16.7. The molecular weight excluding hydrogens is 387 g/mol. The standard InChI is InChI=1S/C21H23FN6O2/c1-2-28-20(23-24-25-28)15-30-17-7-5-6-16(14-17)21(29)27-12-10-26(11-13-27)19-9-4-3-8-18(19)22/h3-9,14H,2,10-13,15H2,1H3. The van der Waals surface area contributed by atoms with E-state index in [4.69, 9.17) is 4.74 Å². The molecule has 30 heavy (non-hydrogen) atoms. The third-order valence-electron chi connectivity index (χ3n) is 5.11. The van der Waals surface area contributed by atoms with Crippen LogP contribution in [0.3, 0.4) is 0 Å². The van der Waals surface area contributed by atoms with Crippen molar-refractivity contribution >= 4 is 11.6 Å². The monoisotopic (exact) mass is 410 g/mol. The second-order valence-electron chi connectivity index (χ2n) is 6.96. The minimum Gasteiger partial charge on any atom is -0.486 e. The lowest BCUT2D eigenvalue weighted by molar-refractivity contribution is 0.0746. The number of piperazine rings is 1. The van der Waals surface area contributed by atoms with Gasteiger partial charge in [-0.25, -0.2) is 9.07 Å². The largest absolute Gasteiger partial charge is 0.486 e. The summed E-state index contributed by atoms with van der Waals surface area (Å²) in [6.45, 7) is 5.06. The average molecular weight is 410 g/mol. The van der Waals surface area contributed by atoms with Crippen LogP contribution in [0.4, 0.5) is 10.1 Å². The summed E-state index contributed by atoms with van der Waals surface area (Å²) in [4.78, 5) is 16.7. The molecule has 0 aliphatic carbocycles. The Morgan fingerprint density at radius 2 is 1.90 bits per heavy atom. The highest BCUT2D eigenvalue weighted by molar-refractivity contribution is 5.94. The lowest BCUT2D eigenvalue weighted by Crippen LogP contribution is -2.49. The molecule has 8 nitrogen and oxygen atoms in total. The van der Waals surface area contributed by atoms with Crippen LogP contribution in [-0.4, -0.2) is 57.2 Å². The molecule has 1 aliphatic heterocycles. The van der Waals surface area contributed by atoms with Gasteiger partial charge in [0.05, 0.1) is 5.69 Å². The van der Waals surface area contributed by atoms with Crippen LogP contribution in [0.1, 0.15) is 23.1 Å². The Balaban J connectivity index is 1.37. The molecule has 1 fully saturated rings. The van der Waals surface area contributed by atoms with Gasteiger partial charge in [0.2, 0.25) is 0 Å². The number of anilines is 1. The zero-order valence-corrected chi connectivity index (χ0v) is 16.7. The molecule has 0 radical (unpaired) electrons. The molecular formula is C21H23FN6O2. The van der Waals surface area contributed by atoms with Crippen molar-refractivity contribution in [1.29, 1.82) is 0 Å². The quantitative estimate of drug-likeness (QED) is 0.621. The first kappa shape index (κ1) is 19.8. The third-order valence-corrected chi connectivity index (χ3v) is 5.11. The van der Waals surface area contributed by atoms with Crippen LogP contribution >= 0.6 is 0 Å². The third kappa shape index (κ3) is 4.24. The van der Waals surface area contributed by atoms with Crippen molar-refractivity contribution in [2.45, 2.75) is 20.1 Å². The molecule has 156 valence electrons. The number of carbonyl (C=O) groups is 1. The van der Waals surface area contributed by atoms with Crippen molar-refractivity contribution in [2.75, 3.05) is 31.1 Å². The summed E-state index contributed by atoms with van der Waals surface area (Å²) >= 11 is 0. The van der Waals surface area contributed by atoms with Crippen LogP contribution in [0.5, 0.6) is 5.75 Å². The Bertz CT molecular complexity index is 1020. The Morgan fingerprint density at radius 1 is 1.10 bits per heavy atom. The number of tetrazole rings is 1. The summed E-state index contributed by atoms with van der Waals surface area (Å²) in [5.74, 6) is 0.901. The first-order valence-corrected chi connectivity index (χ1v) is 9.92. The second kappa shape index (κ2) is 8.89. The number of amides is 1. The van der Waals surface area contributed by atoms with Crippen LogP contribution < -0.4 is 9.64 Å². The molecule has 0 bridgehead atoms. The SMILES string of the molecule is CCn1nnnc1COc1cccc(C(=O)N2CCN(c3ccccc3F)CC2)c1. The van der Waals surface area contributed by atoms with Gasteiger partial charge in [0.25, 0.3) is 5.91 Å². The van der Waals surface area contributed by atoms with E-state index in [0.29, 0.717) is 55.5 Å². The number of para-hydroxylation sites is 1. The average Bonchev–Trinajstić information content (AvgIpc) is 3.25. The number of carbonyl (C=O) groups excluding carboxylic acids is 1. The molecule has 0 unspecified atom stereocenters. The maximum absolute atomic E-state index is 14.0. The Morgan fingerprint density at radius 3 is 2.67 bits per heavy atom. The van der Waals surface area contributed by atoms with E-state index < -0.39 is 0 Å². The molecule has 1 saturated heterocycles. The molecule has 0 saturated carbocycles. The molecule has 4 rings (SSSR count). The maximum atomic E-state index is 14.0. The molecule has 1 aliphatic rings. The van der Waals surface area contributed by atoms with Crippen LogP contribution in [-0.2, 0) is 13.2 Å². The first-order valence-electron chi connectivity index (χ1n) is 9.92. The molecule has 1 aromatic heterocycles. The molecule has 2 aromatic carbocycles. The summed E-state index contributed by atoms with van der Waals surface area (Å²) in [6.07, 6.45) is 0. The van der Waals surface area contributed by atoms with Crippen molar-refractivity contribution in [3.8, 4) is 5.75 Å². The van der Waals surface area contributed by atoms with Gasteiger partial charge in [-0.05, 0) is 47.7 Å². The van der Waals surface area contributed by atoms with E-state index >= 15 is 0 Å². The molecule has 0 atom stereocenters. The minimum absolute atomic E-state index is 0.0629. The lowest BCUT2D eigenvalue weighted by atomic mass is 10.1. The van der Waals surface area contributed by atoms with Gasteiger partial charge in [0, 0.05) is 38.3 Å². The Hall–Kier alpha value is -3.49. The molecule has 0 N–H and O–H groups in total. The number of aromatic nitrogens is 4. The van der Waals surface area contributed by atoms with Gasteiger partial charge >= 0.3 is 0 Å². The van der Waals surface area contributed by atoms with E-state index in [1.807, 2.05) is 17.9 Å². The number of aryl methyl sites for hydroxylation is 1. The minimum atomic E-state index is -0.240. The fraction of sp³-hybridized carbons (Fsp3) is 0.333. The van der Waals surface area contributed by atoms with Gasteiger partial charge < -0.3 is 14.5 Å². The highest BCUT2D eigenvalue weighted by Crippen LogP contribution is 2.22. The van der Waals surface area contributed by atoms with E-state index in [1.54, 1.807) is 46.0 Å². The van der Waals surface area contributed by atoms with Crippen molar-refractivity contribution in [3.63, 3.8) is 0 Å². The lowest BCUT2D eigenvalue weighted by Gasteiger charge is -2.36. The topological polar surface area (TPSA) is 76.4 Å². The fourth-order valence-corrected chi connectivity index (χ4v) is 3.48. The van der Waals surface area contributed by atoms with E-state index in [-0.39, 0.29) is 18.3 Å². The number of nitrogens with zero attached hydrogens (tertiary/aromatic N) is 6. The Kier molecular flexibility index (Phi) is 5.87. The summed E-state index contributed by atoms with van der Waals surface area (Å²) in [5.41, 5.74) is 1.14. The molecule has 3 aromatic rings. The molecule has 2 heterocycles. The number of hydrogen-bond donors (Lipinski definition) is 0. The van der Waals surface area contributed by atoms with Gasteiger partial charge in [-0.3, -0.25) is 4.79 Å². The predicted octanol–water partition coefficient (Wildman–Crippen LogP) is 2.37. The van der Waals surface area contributed by atoms with Crippen LogP contribution in [0.2, 0.25) is 0 Å². The highest BCUT2D eigenvalue weighted by atomic mass is 19.1. The predicted molar refractivity (Wildman–Crippen MR) is 109 cm³/mol. The van der Waals surface area contributed by atoms with Gasteiger partial charge in [-0.15, -0.1) is 5.10 Å². The summed E-state index contributed by atoms with van der Waals surface area (Å²) in [7, 11) is 0.